The topological polar surface area (TPSA) is 230 Å². The fraction of sp³-hybridized carbons (Fsp3) is 0.552. The van der Waals surface area contributed by atoms with Crippen LogP contribution in [0, 0.1) is 10.1 Å². The van der Waals surface area contributed by atoms with E-state index < -0.39 is 102 Å². The van der Waals surface area contributed by atoms with Crippen molar-refractivity contribution < 1.29 is 71.6 Å². The van der Waals surface area contributed by atoms with E-state index in [0.29, 0.717) is 10.5 Å². The van der Waals surface area contributed by atoms with Gasteiger partial charge in [0.1, 0.15) is 24.9 Å². The van der Waals surface area contributed by atoms with Crippen LogP contribution >= 0.6 is 0 Å². The molecule has 0 aromatic heterocycles. The van der Waals surface area contributed by atoms with Crippen LogP contribution in [0.5, 0.6) is 0 Å². The summed E-state index contributed by atoms with van der Waals surface area (Å²) < 4.78 is 38.4. The van der Waals surface area contributed by atoms with Crippen LogP contribution in [0.25, 0.3) is 0 Å². The van der Waals surface area contributed by atoms with Gasteiger partial charge < -0.3 is 33.2 Å². The van der Waals surface area contributed by atoms with Crippen molar-refractivity contribution in [2.24, 2.45) is 0 Å². The molecule has 0 bridgehead atoms. The Balaban J connectivity index is 2.85. The van der Waals surface area contributed by atoms with Crippen LogP contribution in [0.3, 0.4) is 0 Å². The number of carbonyl (C=O) groups excluding carboxylic acids is 7. The molecule has 0 spiro atoms. The summed E-state index contributed by atoms with van der Waals surface area (Å²) in [6.07, 6.45) is -7.72. The lowest BCUT2D eigenvalue weighted by molar-refractivity contribution is -0.384. The van der Waals surface area contributed by atoms with E-state index in [1.54, 1.807) is 0 Å². The summed E-state index contributed by atoms with van der Waals surface area (Å²) in [5.41, 5.74) is 0.0775. The highest BCUT2D eigenvalue weighted by Gasteiger charge is 2.61. The van der Waals surface area contributed by atoms with Crippen LogP contribution in [0.15, 0.2) is 24.3 Å². The van der Waals surface area contributed by atoms with Crippen molar-refractivity contribution in [3.05, 3.63) is 39.9 Å². The van der Waals surface area contributed by atoms with Crippen LogP contribution in [-0.2, 0) is 73.3 Å². The van der Waals surface area contributed by atoms with Crippen molar-refractivity contribution in [2.45, 2.75) is 90.8 Å². The van der Waals surface area contributed by atoms with Gasteiger partial charge in [-0.3, -0.25) is 43.8 Å². The number of imide groups is 1. The first kappa shape index (κ1) is 38.2. The van der Waals surface area contributed by atoms with Crippen molar-refractivity contribution in [2.75, 3.05) is 13.7 Å². The molecule has 2 rings (SSSR count). The van der Waals surface area contributed by atoms with E-state index in [4.69, 9.17) is 33.2 Å². The van der Waals surface area contributed by atoms with Gasteiger partial charge in [-0.25, -0.2) is 4.79 Å². The number of hydrogen-bond acceptors (Lipinski definition) is 16. The quantitative estimate of drug-likeness (QED) is 0.123. The van der Waals surface area contributed by atoms with E-state index in [1.807, 2.05) is 0 Å². The summed E-state index contributed by atoms with van der Waals surface area (Å²) >= 11 is 0. The van der Waals surface area contributed by atoms with Gasteiger partial charge in [0, 0.05) is 53.7 Å². The van der Waals surface area contributed by atoms with Crippen LogP contribution in [0.4, 0.5) is 5.69 Å². The minimum absolute atomic E-state index is 0.231. The molecule has 1 saturated heterocycles. The van der Waals surface area contributed by atoms with Crippen molar-refractivity contribution in [1.29, 1.82) is 0 Å². The van der Waals surface area contributed by atoms with Gasteiger partial charge in [0.2, 0.25) is 11.8 Å². The van der Waals surface area contributed by atoms with Crippen molar-refractivity contribution in [3.63, 3.8) is 0 Å². The van der Waals surface area contributed by atoms with Gasteiger partial charge >= 0.3 is 29.8 Å². The van der Waals surface area contributed by atoms with Gasteiger partial charge in [0.25, 0.3) is 11.5 Å². The van der Waals surface area contributed by atoms with E-state index in [1.165, 1.54) is 24.3 Å². The second-order valence-corrected chi connectivity index (χ2v) is 10.3. The monoisotopic (exact) mass is 668 g/mol. The number of nitro groups is 1. The van der Waals surface area contributed by atoms with Gasteiger partial charge in [-0.2, -0.15) is 0 Å². The largest absolute Gasteiger partial charge is 0.465 e. The minimum Gasteiger partial charge on any atom is -0.465 e. The number of ether oxygens (including phenoxy) is 7. The van der Waals surface area contributed by atoms with Crippen molar-refractivity contribution in [3.8, 4) is 0 Å². The summed E-state index contributed by atoms with van der Waals surface area (Å²) in [7, 11) is 0.980. The summed E-state index contributed by atoms with van der Waals surface area (Å²) in [6.45, 7) is 4.86. The molecule has 18 nitrogen and oxygen atoms in total. The predicted molar refractivity (Wildman–Crippen MR) is 152 cm³/mol. The Morgan fingerprint density at radius 3 is 1.94 bits per heavy atom. The molecule has 0 aliphatic carbocycles. The number of carbonyl (C=O) groups is 7. The maximum atomic E-state index is 13.5. The summed E-state index contributed by atoms with van der Waals surface area (Å²) in [4.78, 5) is 99.0. The fourth-order valence-electron chi connectivity index (χ4n) is 4.98. The Hall–Kier alpha value is -4.97. The molecule has 0 N–H and O–H groups in total. The second-order valence-electron chi connectivity index (χ2n) is 10.3. The number of methoxy groups -OCH3 is 1. The second kappa shape index (κ2) is 16.5. The first-order chi connectivity index (χ1) is 21.9. The minimum atomic E-state index is -2.53. The zero-order chi connectivity index (χ0) is 35.6. The highest BCUT2D eigenvalue weighted by Crippen LogP contribution is 2.39. The normalized spacial score (nSPS) is 21.6. The smallest absolute Gasteiger partial charge is 0.366 e. The molecular formula is C29H36N2O16. The van der Waals surface area contributed by atoms with Crippen LogP contribution in [0.1, 0.15) is 53.5 Å². The number of non-ortho nitro benzene ring substituents is 1. The van der Waals surface area contributed by atoms with E-state index >= 15 is 0 Å². The van der Waals surface area contributed by atoms with Crippen LogP contribution < -0.4 is 0 Å². The molecule has 0 unspecified atom stereocenters. The van der Waals surface area contributed by atoms with E-state index in [-0.39, 0.29) is 5.69 Å². The van der Waals surface area contributed by atoms with Gasteiger partial charge in [0.05, 0.1) is 25.1 Å². The average molecular weight is 669 g/mol. The van der Waals surface area contributed by atoms with Gasteiger partial charge in [-0.05, 0) is 17.7 Å². The summed E-state index contributed by atoms with van der Waals surface area (Å²) in [5.74, 6) is -9.19. The Labute approximate surface area is 268 Å². The number of benzene rings is 1. The molecule has 1 aliphatic heterocycles. The first-order valence-corrected chi connectivity index (χ1v) is 14.0. The highest BCUT2D eigenvalue weighted by molar-refractivity contribution is 5.93. The van der Waals surface area contributed by atoms with Gasteiger partial charge in [-0.1, -0.05) is 0 Å². The number of nitrogens with zero attached hydrogens (tertiary/aromatic N) is 2. The molecular weight excluding hydrogens is 632 g/mol. The maximum Gasteiger partial charge on any atom is 0.366 e. The van der Waals surface area contributed by atoms with Crippen LogP contribution in [-0.4, -0.2) is 101 Å². The van der Waals surface area contributed by atoms with Crippen molar-refractivity contribution >= 4 is 47.3 Å². The zero-order valence-corrected chi connectivity index (χ0v) is 26.7. The fourth-order valence-corrected chi connectivity index (χ4v) is 4.98. The van der Waals surface area contributed by atoms with Crippen molar-refractivity contribution in [1.82, 2.24) is 4.90 Å². The molecule has 1 aromatic rings. The zero-order valence-electron chi connectivity index (χ0n) is 26.7. The Morgan fingerprint density at radius 2 is 1.49 bits per heavy atom. The molecule has 1 fully saturated rings. The average Bonchev–Trinajstić information content (AvgIpc) is 2.96. The lowest BCUT2D eigenvalue weighted by atomic mass is 9.86. The molecule has 1 heterocycles. The summed E-state index contributed by atoms with van der Waals surface area (Å²) in [5, 5.41) is 11.1. The molecule has 18 heteroatoms. The molecule has 1 aliphatic rings. The third-order valence-corrected chi connectivity index (χ3v) is 6.68. The SMILES string of the molecule is COC(=O)[C@@]1(OCc2ccc([N+](=O)[O-])cc2)C[C@H](OC(C)=O)[C@@H](N(C(C)=O)C(C)=O)[C@H]([C@H](OC(C)=O)[C@@H](COC(C)=O)OC(C)=O)O1. The first-order valence-electron chi connectivity index (χ1n) is 14.0. The molecule has 47 heavy (non-hydrogen) atoms. The number of hydrogen-bond donors (Lipinski definition) is 0. The molecule has 1 aromatic carbocycles. The van der Waals surface area contributed by atoms with E-state index in [2.05, 4.69) is 0 Å². The third-order valence-electron chi connectivity index (χ3n) is 6.68. The molecule has 258 valence electrons. The number of amides is 2. The van der Waals surface area contributed by atoms with Gasteiger partial charge in [-0.15, -0.1) is 0 Å². The molecule has 0 radical (unpaired) electrons. The van der Waals surface area contributed by atoms with E-state index in [0.717, 1.165) is 48.7 Å². The lowest BCUT2D eigenvalue weighted by Crippen LogP contribution is -2.70. The third kappa shape index (κ3) is 10.3. The molecule has 6 atom stereocenters. The standard InChI is InChI=1S/C29H36N2O16/c1-15(32)30(16(2)33)25-23(44-18(4)35)12-29(28(38)41-7,43-13-21-8-10-22(11-9-21)31(39)40)47-27(25)26(46-20(6)37)24(45-19(5)36)14-42-17(3)34/h8-11,23-27H,12-14H2,1-7H3/t23-,24+,25+,26+,27+,29+/m0/s1. The predicted octanol–water partition coefficient (Wildman–Crippen LogP) is 0.891. The number of nitro benzene ring substituents is 1. The highest BCUT2D eigenvalue weighted by atomic mass is 16.7. The summed E-state index contributed by atoms with van der Waals surface area (Å²) in [6, 6.07) is 3.37. The van der Waals surface area contributed by atoms with Crippen LogP contribution in [0.2, 0.25) is 0 Å². The van der Waals surface area contributed by atoms with Gasteiger partial charge in [0.15, 0.2) is 12.2 Å². The Kier molecular flexibility index (Phi) is 13.5. The Bertz CT molecular complexity index is 1360. The number of rotatable bonds is 13. The number of esters is 5. The van der Waals surface area contributed by atoms with E-state index in [9.17, 15) is 43.7 Å². The maximum absolute atomic E-state index is 13.5. The Morgan fingerprint density at radius 1 is 0.915 bits per heavy atom. The lowest BCUT2D eigenvalue weighted by Gasteiger charge is -2.50. The molecule has 2 amide bonds. The molecule has 0 saturated carbocycles.